The number of primary amides is 1. The van der Waals surface area contributed by atoms with Gasteiger partial charge in [-0.2, -0.15) is 0 Å². The van der Waals surface area contributed by atoms with Gasteiger partial charge >= 0.3 is 0 Å². The Hall–Kier alpha value is -2.08. The largest absolute Gasteiger partial charge is 0.483 e. The van der Waals surface area contributed by atoms with Gasteiger partial charge in [0.05, 0.1) is 12.2 Å². The third kappa shape index (κ3) is 4.96. The van der Waals surface area contributed by atoms with Crippen molar-refractivity contribution in [3.63, 3.8) is 0 Å². The zero-order chi connectivity index (χ0) is 16.7. The summed E-state index contributed by atoms with van der Waals surface area (Å²) < 4.78 is 10.8. The highest BCUT2D eigenvalue weighted by molar-refractivity contribution is 5.97. The van der Waals surface area contributed by atoms with Crippen molar-refractivity contribution in [1.82, 2.24) is 4.90 Å². The molecule has 0 aromatic heterocycles. The molecule has 6 nitrogen and oxygen atoms in total. The van der Waals surface area contributed by atoms with E-state index in [-0.39, 0.29) is 12.5 Å². The molecule has 0 saturated carbocycles. The minimum atomic E-state index is -0.568. The SMILES string of the molecule is CCOCC1CCCN(C(=O)c2ccccc2OCC(N)=O)C1. The van der Waals surface area contributed by atoms with Crippen LogP contribution in [0.2, 0.25) is 0 Å². The first kappa shape index (κ1) is 17.3. The predicted molar refractivity (Wildman–Crippen MR) is 86.3 cm³/mol. The maximum atomic E-state index is 12.8. The lowest BCUT2D eigenvalue weighted by Crippen LogP contribution is -2.41. The lowest BCUT2D eigenvalue weighted by Gasteiger charge is -2.33. The Morgan fingerprint density at radius 3 is 2.87 bits per heavy atom. The number of rotatable bonds is 7. The lowest BCUT2D eigenvalue weighted by molar-refractivity contribution is -0.119. The zero-order valence-corrected chi connectivity index (χ0v) is 13.5. The van der Waals surface area contributed by atoms with Gasteiger partial charge in [-0.1, -0.05) is 12.1 Å². The topological polar surface area (TPSA) is 81.9 Å². The van der Waals surface area contributed by atoms with E-state index < -0.39 is 5.91 Å². The number of carbonyl (C=O) groups is 2. The van der Waals surface area contributed by atoms with Crippen molar-refractivity contribution in [3.8, 4) is 5.75 Å². The summed E-state index contributed by atoms with van der Waals surface area (Å²) in [6, 6.07) is 6.94. The standard InChI is InChI=1S/C17H24N2O4/c1-2-22-11-13-6-5-9-19(10-13)17(21)14-7-3-4-8-15(14)23-12-16(18)20/h3-4,7-8,13H,2,5-6,9-12H2,1H3,(H2,18,20). The van der Waals surface area contributed by atoms with Crippen LogP contribution >= 0.6 is 0 Å². The van der Waals surface area contributed by atoms with Gasteiger partial charge < -0.3 is 20.1 Å². The van der Waals surface area contributed by atoms with Crippen LogP contribution in [0.15, 0.2) is 24.3 Å². The van der Waals surface area contributed by atoms with Crippen LogP contribution < -0.4 is 10.5 Å². The highest BCUT2D eigenvalue weighted by Gasteiger charge is 2.26. The van der Waals surface area contributed by atoms with Crippen molar-refractivity contribution >= 4 is 11.8 Å². The Kier molecular flexibility index (Phi) is 6.40. The molecule has 2 rings (SSSR count). The van der Waals surface area contributed by atoms with Gasteiger partial charge in [0.1, 0.15) is 5.75 Å². The molecular formula is C17H24N2O4. The lowest BCUT2D eigenvalue weighted by atomic mass is 9.98. The number of benzene rings is 1. The number of likely N-dealkylation sites (tertiary alicyclic amines) is 1. The van der Waals surface area contributed by atoms with Crippen LogP contribution in [0.3, 0.4) is 0 Å². The van der Waals surface area contributed by atoms with Gasteiger partial charge in [0.2, 0.25) is 0 Å². The molecule has 1 aliphatic rings. The van der Waals surface area contributed by atoms with Crippen LogP contribution in [0.4, 0.5) is 0 Å². The molecule has 1 aromatic rings. The minimum absolute atomic E-state index is 0.0775. The van der Waals surface area contributed by atoms with Gasteiger partial charge in [0, 0.05) is 19.7 Å². The van der Waals surface area contributed by atoms with E-state index in [9.17, 15) is 9.59 Å². The summed E-state index contributed by atoms with van der Waals surface area (Å²) in [5.41, 5.74) is 5.56. The third-order valence-electron chi connectivity index (χ3n) is 3.85. The minimum Gasteiger partial charge on any atom is -0.483 e. The zero-order valence-electron chi connectivity index (χ0n) is 13.5. The summed E-state index contributed by atoms with van der Waals surface area (Å²) in [6.45, 7) is 4.51. The second-order valence-electron chi connectivity index (χ2n) is 5.67. The molecule has 23 heavy (non-hydrogen) atoms. The van der Waals surface area contributed by atoms with Gasteiger partial charge in [0.15, 0.2) is 6.61 Å². The number of nitrogens with two attached hydrogens (primary N) is 1. The van der Waals surface area contributed by atoms with Gasteiger partial charge in [-0.3, -0.25) is 9.59 Å². The molecule has 1 heterocycles. The van der Waals surface area contributed by atoms with Crippen molar-refractivity contribution in [2.45, 2.75) is 19.8 Å². The molecule has 2 amide bonds. The molecule has 1 aliphatic heterocycles. The Morgan fingerprint density at radius 1 is 1.35 bits per heavy atom. The van der Waals surface area contributed by atoms with Crippen LogP contribution in [-0.4, -0.2) is 49.6 Å². The Labute approximate surface area is 136 Å². The van der Waals surface area contributed by atoms with Crippen molar-refractivity contribution in [1.29, 1.82) is 0 Å². The van der Waals surface area contributed by atoms with E-state index in [0.29, 0.717) is 37.0 Å². The normalized spacial score (nSPS) is 17.8. The van der Waals surface area contributed by atoms with E-state index in [2.05, 4.69) is 0 Å². The van der Waals surface area contributed by atoms with E-state index >= 15 is 0 Å². The molecule has 0 bridgehead atoms. The smallest absolute Gasteiger partial charge is 0.257 e. The molecule has 0 spiro atoms. The summed E-state index contributed by atoms with van der Waals surface area (Å²) >= 11 is 0. The highest BCUT2D eigenvalue weighted by Crippen LogP contribution is 2.24. The maximum Gasteiger partial charge on any atom is 0.257 e. The maximum absolute atomic E-state index is 12.8. The Balaban J connectivity index is 2.05. The first-order valence-electron chi connectivity index (χ1n) is 7.99. The molecule has 0 aliphatic carbocycles. The second-order valence-corrected chi connectivity index (χ2v) is 5.67. The van der Waals surface area contributed by atoms with E-state index in [1.165, 1.54) is 0 Å². The van der Waals surface area contributed by atoms with Crippen LogP contribution in [0.5, 0.6) is 5.75 Å². The van der Waals surface area contributed by atoms with Crippen molar-refractivity contribution in [2.24, 2.45) is 11.7 Å². The number of amides is 2. The average Bonchev–Trinajstić information content (AvgIpc) is 2.58. The highest BCUT2D eigenvalue weighted by atomic mass is 16.5. The van der Waals surface area contributed by atoms with Gasteiger partial charge in [-0.05, 0) is 37.8 Å². The summed E-state index contributed by atoms with van der Waals surface area (Å²) in [7, 11) is 0. The van der Waals surface area contributed by atoms with Crippen LogP contribution in [-0.2, 0) is 9.53 Å². The molecule has 2 N–H and O–H groups in total. The molecule has 1 aromatic carbocycles. The third-order valence-corrected chi connectivity index (χ3v) is 3.85. The van der Waals surface area contributed by atoms with E-state index in [0.717, 1.165) is 19.4 Å². The van der Waals surface area contributed by atoms with Gasteiger partial charge in [-0.15, -0.1) is 0 Å². The van der Waals surface area contributed by atoms with E-state index in [1.807, 2.05) is 11.8 Å². The number of hydrogen-bond acceptors (Lipinski definition) is 4. The summed E-state index contributed by atoms with van der Waals surface area (Å²) in [5.74, 6) is 0.114. The molecule has 126 valence electrons. The number of hydrogen-bond donors (Lipinski definition) is 1. The first-order chi connectivity index (χ1) is 11.1. The van der Waals surface area contributed by atoms with Gasteiger partial charge in [-0.25, -0.2) is 0 Å². The predicted octanol–water partition coefficient (Wildman–Crippen LogP) is 1.44. The molecule has 1 fully saturated rings. The molecule has 1 unspecified atom stereocenters. The van der Waals surface area contributed by atoms with Crippen LogP contribution in [0.1, 0.15) is 30.1 Å². The van der Waals surface area contributed by atoms with Crippen molar-refractivity contribution in [3.05, 3.63) is 29.8 Å². The molecule has 1 atom stereocenters. The van der Waals surface area contributed by atoms with Gasteiger partial charge in [0.25, 0.3) is 11.8 Å². The average molecular weight is 320 g/mol. The molecule has 0 radical (unpaired) electrons. The summed E-state index contributed by atoms with van der Waals surface area (Å²) in [5, 5.41) is 0. The van der Waals surface area contributed by atoms with Crippen molar-refractivity contribution in [2.75, 3.05) is 32.9 Å². The van der Waals surface area contributed by atoms with E-state index in [1.54, 1.807) is 24.3 Å². The fourth-order valence-corrected chi connectivity index (χ4v) is 2.76. The molecular weight excluding hydrogens is 296 g/mol. The quantitative estimate of drug-likeness (QED) is 0.824. The number of ether oxygens (including phenoxy) is 2. The Bertz CT molecular complexity index is 547. The van der Waals surface area contributed by atoms with Crippen LogP contribution in [0.25, 0.3) is 0 Å². The monoisotopic (exact) mass is 320 g/mol. The Morgan fingerprint density at radius 2 is 2.13 bits per heavy atom. The second kappa shape index (κ2) is 8.53. The molecule has 6 heteroatoms. The number of piperidine rings is 1. The summed E-state index contributed by atoms with van der Waals surface area (Å²) in [4.78, 5) is 25.5. The number of nitrogens with zero attached hydrogens (tertiary/aromatic N) is 1. The number of para-hydroxylation sites is 1. The van der Waals surface area contributed by atoms with E-state index in [4.69, 9.17) is 15.2 Å². The fourth-order valence-electron chi connectivity index (χ4n) is 2.76. The van der Waals surface area contributed by atoms with Crippen molar-refractivity contribution < 1.29 is 19.1 Å². The first-order valence-corrected chi connectivity index (χ1v) is 7.99. The number of carbonyl (C=O) groups excluding carboxylic acids is 2. The molecule has 1 saturated heterocycles. The summed E-state index contributed by atoms with van der Waals surface area (Å²) in [6.07, 6.45) is 2.04. The van der Waals surface area contributed by atoms with Crippen LogP contribution in [0, 0.1) is 5.92 Å². The fraction of sp³-hybridized carbons (Fsp3) is 0.529.